The molecule has 0 fully saturated rings. The second-order valence-electron chi connectivity index (χ2n) is 4.68. The lowest BCUT2D eigenvalue weighted by Gasteiger charge is -2.06. The summed E-state index contributed by atoms with van der Waals surface area (Å²) in [7, 11) is 0. The van der Waals surface area contributed by atoms with Gasteiger partial charge in [-0.05, 0) is 35.1 Å². The maximum Gasteiger partial charge on any atom is 0.0486 e. The first-order valence-electron chi connectivity index (χ1n) is 6.48. The summed E-state index contributed by atoms with van der Waals surface area (Å²) in [6.45, 7) is 3.14. The number of aryl methyl sites for hydroxylation is 1. The van der Waals surface area contributed by atoms with Gasteiger partial charge in [-0.2, -0.15) is 0 Å². The van der Waals surface area contributed by atoms with Crippen LogP contribution in [0, 0.1) is 0 Å². The molecule has 3 aromatic rings. The first kappa shape index (κ1) is 11.1. The van der Waals surface area contributed by atoms with Crippen LogP contribution in [0.15, 0.2) is 60.8 Å². The summed E-state index contributed by atoms with van der Waals surface area (Å²) in [5, 5.41) is 1.32. The van der Waals surface area contributed by atoms with E-state index in [-0.39, 0.29) is 0 Å². The minimum Gasteiger partial charge on any atom is -0.343 e. The van der Waals surface area contributed by atoms with Crippen molar-refractivity contribution in [3.8, 4) is 0 Å². The van der Waals surface area contributed by atoms with E-state index < -0.39 is 0 Å². The van der Waals surface area contributed by atoms with Crippen LogP contribution in [-0.2, 0) is 13.0 Å². The van der Waals surface area contributed by atoms with Crippen molar-refractivity contribution in [2.45, 2.75) is 19.9 Å². The van der Waals surface area contributed by atoms with Crippen molar-refractivity contribution in [1.82, 2.24) is 4.57 Å². The molecule has 1 heterocycles. The number of fused-ring (bicyclic) bond motifs is 1. The van der Waals surface area contributed by atoms with Gasteiger partial charge in [-0.25, -0.2) is 0 Å². The zero-order valence-corrected chi connectivity index (χ0v) is 10.6. The molecule has 0 aliphatic heterocycles. The molecule has 0 saturated heterocycles. The van der Waals surface area contributed by atoms with Crippen LogP contribution in [0.2, 0.25) is 0 Å². The van der Waals surface area contributed by atoms with Crippen LogP contribution in [0.5, 0.6) is 0 Å². The molecule has 0 saturated carbocycles. The van der Waals surface area contributed by atoms with Gasteiger partial charge in [0.1, 0.15) is 0 Å². The number of benzene rings is 2. The van der Waals surface area contributed by atoms with Crippen molar-refractivity contribution in [1.29, 1.82) is 0 Å². The van der Waals surface area contributed by atoms with E-state index in [4.69, 9.17) is 0 Å². The van der Waals surface area contributed by atoms with Gasteiger partial charge in [-0.15, -0.1) is 0 Å². The first-order chi connectivity index (χ1) is 8.86. The molecule has 0 unspecified atom stereocenters. The summed E-state index contributed by atoms with van der Waals surface area (Å²) in [4.78, 5) is 0. The summed E-state index contributed by atoms with van der Waals surface area (Å²) in [5.41, 5.74) is 4.07. The van der Waals surface area contributed by atoms with Crippen molar-refractivity contribution in [2.24, 2.45) is 0 Å². The van der Waals surface area contributed by atoms with Crippen LogP contribution in [0.4, 0.5) is 0 Å². The minimum absolute atomic E-state index is 0.942. The molecule has 0 radical (unpaired) electrons. The standard InChI is InChI=1S/C17H17N/c1-2-14-8-9-16-10-11-18(17(16)12-14)13-15-6-4-3-5-7-15/h3-12H,2,13H2,1H3. The van der Waals surface area contributed by atoms with Gasteiger partial charge in [0.25, 0.3) is 0 Å². The van der Waals surface area contributed by atoms with Gasteiger partial charge in [0.15, 0.2) is 0 Å². The molecule has 18 heavy (non-hydrogen) atoms. The maximum atomic E-state index is 2.32. The van der Waals surface area contributed by atoms with E-state index in [1.165, 1.54) is 22.0 Å². The lowest BCUT2D eigenvalue weighted by atomic mass is 10.1. The van der Waals surface area contributed by atoms with E-state index in [9.17, 15) is 0 Å². The van der Waals surface area contributed by atoms with Crippen molar-refractivity contribution >= 4 is 10.9 Å². The van der Waals surface area contributed by atoms with Crippen LogP contribution in [0.3, 0.4) is 0 Å². The maximum absolute atomic E-state index is 2.32. The van der Waals surface area contributed by atoms with Crippen LogP contribution < -0.4 is 0 Å². The van der Waals surface area contributed by atoms with Gasteiger partial charge in [-0.3, -0.25) is 0 Å². The topological polar surface area (TPSA) is 4.93 Å². The third-order valence-corrected chi connectivity index (χ3v) is 3.44. The summed E-state index contributed by atoms with van der Waals surface area (Å²) in [6, 6.07) is 19.5. The molecule has 90 valence electrons. The van der Waals surface area contributed by atoms with E-state index in [1.54, 1.807) is 0 Å². The summed E-state index contributed by atoms with van der Waals surface area (Å²) in [5.74, 6) is 0. The monoisotopic (exact) mass is 235 g/mol. The molecule has 1 aromatic heterocycles. The predicted molar refractivity (Wildman–Crippen MR) is 76.9 cm³/mol. The van der Waals surface area contributed by atoms with Gasteiger partial charge in [0.05, 0.1) is 0 Å². The third kappa shape index (κ3) is 2.04. The van der Waals surface area contributed by atoms with E-state index in [2.05, 4.69) is 72.3 Å². The normalized spacial score (nSPS) is 10.9. The fourth-order valence-electron chi connectivity index (χ4n) is 2.37. The summed E-state index contributed by atoms with van der Waals surface area (Å²) in [6.07, 6.45) is 3.27. The number of aromatic nitrogens is 1. The molecule has 1 heteroatoms. The van der Waals surface area contributed by atoms with Crippen molar-refractivity contribution in [3.05, 3.63) is 71.9 Å². The molecule has 1 nitrogen and oxygen atoms in total. The van der Waals surface area contributed by atoms with Gasteiger partial charge in [0, 0.05) is 18.3 Å². The number of hydrogen-bond donors (Lipinski definition) is 0. The lowest BCUT2D eigenvalue weighted by Crippen LogP contribution is -1.97. The highest BCUT2D eigenvalue weighted by Gasteiger charge is 2.02. The Morgan fingerprint density at radius 3 is 2.50 bits per heavy atom. The molecule has 0 aliphatic carbocycles. The van der Waals surface area contributed by atoms with Gasteiger partial charge < -0.3 is 4.57 Å². The molecule has 0 amide bonds. The fourth-order valence-corrected chi connectivity index (χ4v) is 2.37. The van der Waals surface area contributed by atoms with Gasteiger partial charge in [-0.1, -0.05) is 49.4 Å². The van der Waals surface area contributed by atoms with E-state index >= 15 is 0 Å². The number of hydrogen-bond acceptors (Lipinski definition) is 0. The largest absolute Gasteiger partial charge is 0.343 e. The van der Waals surface area contributed by atoms with Crippen LogP contribution in [0.25, 0.3) is 10.9 Å². The molecular weight excluding hydrogens is 218 g/mol. The Balaban J connectivity index is 2.01. The van der Waals surface area contributed by atoms with E-state index in [1.807, 2.05) is 0 Å². The Morgan fingerprint density at radius 2 is 1.72 bits per heavy atom. The summed E-state index contributed by atoms with van der Waals surface area (Å²) >= 11 is 0. The second kappa shape index (κ2) is 4.69. The third-order valence-electron chi connectivity index (χ3n) is 3.44. The number of rotatable bonds is 3. The molecule has 3 rings (SSSR count). The van der Waals surface area contributed by atoms with Crippen LogP contribution in [-0.4, -0.2) is 4.57 Å². The molecule has 0 aliphatic rings. The zero-order chi connectivity index (χ0) is 12.4. The highest BCUT2D eigenvalue weighted by molar-refractivity contribution is 5.80. The molecule has 0 N–H and O–H groups in total. The molecule has 0 atom stereocenters. The second-order valence-corrected chi connectivity index (χ2v) is 4.68. The zero-order valence-electron chi connectivity index (χ0n) is 10.6. The lowest BCUT2D eigenvalue weighted by molar-refractivity contribution is 0.836. The average molecular weight is 235 g/mol. The van der Waals surface area contributed by atoms with Gasteiger partial charge >= 0.3 is 0 Å². The molecule has 0 spiro atoms. The van der Waals surface area contributed by atoms with Gasteiger partial charge in [0.2, 0.25) is 0 Å². The molecule has 0 bridgehead atoms. The van der Waals surface area contributed by atoms with E-state index in [0.29, 0.717) is 0 Å². The van der Waals surface area contributed by atoms with E-state index in [0.717, 1.165) is 13.0 Å². The first-order valence-corrected chi connectivity index (χ1v) is 6.48. The Labute approximate surface area is 108 Å². The van der Waals surface area contributed by atoms with Crippen molar-refractivity contribution in [3.63, 3.8) is 0 Å². The predicted octanol–water partition coefficient (Wildman–Crippen LogP) is 4.25. The Kier molecular flexibility index (Phi) is 2.89. The fraction of sp³-hybridized carbons (Fsp3) is 0.176. The van der Waals surface area contributed by atoms with Crippen LogP contribution >= 0.6 is 0 Å². The average Bonchev–Trinajstić information content (AvgIpc) is 2.82. The highest BCUT2D eigenvalue weighted by Crippen LogP contribution is 2.19. The van der Waals surface area contributed by atoms with Crippen molar-refractivity contribution in [2.75, 3.05) is 0 Å². The summed E-state index contributed by atoms with van der Waals surface area (Å²) < 4.78 is 2.32. The smallest absolute Gasteiger partial charge is 0.0486 e. The van der Waals surface area contributed by atoms with Crippen LogP contribution in [0.1, 0.15) is 18.1 Å². The van der Waals surface area contributed by atoms with Crippen molar-refractivity contribution < 1.29 is 0 Å². The SMILES string of the molecule is CCc1ccc2ccn(Cc3ccccc3)c2c1. The number of nitrogens with zero attached hydrogens (tertiary/aromatic N) is 1. The Morgan fingerprint density at radius 1 is 0.889 bits per heavy atom. The minimum atomic E-state index is 0.942. The Hall–Kier alpha value is -2.02. The quantitative estimate of drug-likeness (QED) is 0.639. The Bertz CT molecular complexity index is 650. The molecular formula is C17H17N. The highest BCUT2D eigenvalue weighted by atomic mass is 14.9. The molecule has 2 aromatic carbocycles.